The van der Waals surface area contributed by atoms with E-state index in [2.05, 4.69) is 9.47 Å². The second kappa shape index (κ2) is 8.78. The zero-order chi connectivity index (χ0) is 19.0. The third kappa shape index (κ3) is 4.32. The van der Waals surface area contributed by atoms with Crippen LogP contribution in [0.15, 0.2) is 12.1 Å². The first-order valence-corrected chi connectivity index (χ1v) is 7.26. The second-order valence-corrected chi connectivity index (χ2v) is 5.11. The van der Waals surface area contributed by atoms with Crippen LogP contribution in [-0.4, -0.2) is 47.5 Å². The summed E-state index contributed by atoms with van der Waals surface area (Å²) in [6.07, 6.45) is -0.679. The molecule has 1 rings (SSSR count). The third-order valence-corrected chi connectivity index (χ3v) is 3.78. The molecule has 0 heterocycles. The summed E-state index contributed by atoms with van der Waals surface area (Å²) in [6.45, 7) is 0. The number of benzene rings is 1. The Morgan fingerprint density at radius 3 is 1.64 bits per heavy atom. The van der Waals surface area contributed by atoms with Gasteiger partial charge in [0.05, 0.1) is 54.5 Å². The molecule has 8 nitrogen and oxygen atoms in total. The number of ether oxygens (including phenoxy) is 5. The van der Waals surface area contributed by atoms with Gasteiger partial charge in [0, 0.05) is 0 Å². The fraction of sp³-hybridized carbons (Fsp3) is 0.471. The molecule has 0 saturated carbocycles. The molecule has 1 aromatic carbocycles. The minimum atomic E-state index is -1.51. The zero-order valence-corrected chi connectivity index (χ0v) is 14.9. The van der Waals surface area contributed by atoms with Crippen molar-refractivity contribution >= 4 is 11.9 Å². The van der Waals surface area contributed by atoms with Crippen LogP contribution in [0.25, 0.3) is 0 Å². The molecule has 0 amide bonds. The van der Waals surface area contributed by atoms with Crippen molar-refractivity contribution in [1.29, 1.82) is 5.26 Å². The Balaban J connectivity index is 3.60. The first kappa shape index (κ1) is 20.1. The van der Waals surface area contributed by atoms with E-state index in [1.54, 1.807) is 0 Å². The van der Waals surface area contributed by atoms with Crippen molar-refractivity contribution in [1.82, 2.24) is 0 Å². The van der Waals surface area contributed by atoms with E-state index in [0.29, 0.717) is 22.8 Å². The molecule has 0 atom stereocenters. The molecule has 0 aliphatic carbocycles. The third-order valence-electron chi connectivity index (χ3n) is 3.78. The summed E-state index contributed by atoms with van der Waals surface area (Å²) < 4.78 is 25.1. The van der Waals surface area contributed by atoms with Crippen LogP contribution >= 0.6 is 0 Å². The molecule has 0 radical (unpaired) electrons. The summed E-state index contributed by atoms with van der Waals surface area (Å²) in [6, 6.07) is 5.10. The molecule has 25 heavy (non-hydrogen) atoms. The van der Waals surface area contributed by atoms with Crippen LogP contribution in [0.3, 0.4) is 0 Å². The van der Waals surface area contributed by atoms with Gasteiger partial charge in [-0.3, -0.25) is 9.59 Å². The lowest BCUT2D eigenvalue weighted by molar-refractivity contribution is -0.144. The van der Waals surface area contributed by atoms with Crippen LogP contribution in [0.1, 0.15) is 18.4 Å². The van der Waals surface area contributed by atoms with Gasteiger partial charge in [-0.05, 0) is 17.7 Å². The Hall–Kier alpha value is -2.95. The van der Waals surface area contributed by atoms with E-state index >= 15 is 0 Å². The Morgan fingerprint density at radius 2 is 1.36 bits per heavy atom. The lowest BCUT2D eigenvalue weighted by atomic mass is 9.76. The van der Waals surface area contributed by atoms with Crippen LogP contribution in [0.2, 0.25) is 0 Å². The summed E-state index contributed by atoms with van der Waals surface area (Å²) in [7, 11) is 6.71. The maximum atomic E-state index is 11.8. The monoisotopic (exact) mass is 351 g/mol. The largest absolute Gasteiger partial charge is 0.493 e. The molecule has 0 unspecified atom stereocenters. The summed E-state index contributed by atoms with van der Waals surface area (Å²) in [5.74, 6) is -0.354. The van der Waals surface area contributed by atoms with Gasteiger partial charge in [-0.1, -0.05) is 0 Å². The fourth-order valence-corrected chi connectivity index (χ4v) is 2.40. The molecule has 0 saturated heterocycles. The minimum Gasteiger partial charge on any atom is -0.493 e. The molecular formula is C17H21NO7. The summed E-state index contributed by atoms with van der Waals surface area (Å²) in [5.41, 5.74) is -1.16. The van der Waals surface area contributed by atoms with Gasteiger partial charge in [0.15, 0.2) is 11.5 Å². The number of esters is 2. The van der Waals surface area contributed by atoms with Crippen molar-refractivity contribution in [3.63, 3.8) is 0 Å². The second-order valence-electron chi connectivity index (χ2n) is 5.11. The topological polar surface area (TPSA) is 104 Å². The number of carbonyl (C=O) groups is 2. The van der Waals surface area contributed by atoms with Crippen molar-refractivity contribution in [3.05, 3.63) is 17.7 Å². The van der Waals surface area contributed by atoms with Gasteiger partial charge in [0.1, 0.15) is 5.41 Å². The molecule has 0 aliphatic rings. The maximum Gasteiger partial charge on any atom is 0.307 e. The Bertz CT molecular complexity index is 635. The highest BCUT2D eigenvalue weighted by molar-refractivity contribution is 5.78. The normalized spacial score (nSPS) is 10.4. The van der Waals surface area contributed by atoms with Crippen LogP contribution in [0.4, 0.5) is 0 Å². The van der Waals surface area contributed by atoms with Crippen molar-refractivity contribution in [2.75, 3.05) is 35.5 Å². The van der Waals surface area contributed by atoms with Crippen LogP contribution < -0.4 is 14.2 Å². The number of nitriles is 1. The average Bonchev–Trinajstić information content (AvgIpc) is 2.65. The van der Waals surface area contributed by atoms with Gasteiger partial charge < -0.3 is 23.7 Å². The summed E-state index contributed by atoms with van der Waals surface area (Å²) in [5, 5.41) is 9.79. The maximum absolute atomic E-state index is 11.8. The van der Waals surface area contributed by atoms with E-state index in [1.807, 2.05) is 6.07 Å². The highest BCUT2D eigenvalue weighted by Gasteiger charge is 2.40. The van der Waals surface area contributed by atoms with Gasteiger partial charge in [-0.2, -0.15) is 5.26 Å². The first-order valence-electron chi connectivity index (χ1n) is 7.26. The van der Waals surface area contributed by atoms with E-state index < -0.39 is 17.4 Å². The van der Waals surface area contributed by atoms with Gasteiger partial charge in [0.25, 0.3) is 0 Å². The Morgan fingerprint density at radius 1 is 0.920 bits per heavy atom. The molecule has 136 valence electrons. The molecule has 0 bridgehead atoms. The zero-order valence-electron chi connectivity index (χ0n) is 14.9. The standard InChI is InChI=1S/C17H21NO7/c1-21-12-6-11(7-13(22-2)16(12)25-5)17(10-18,8-14(19)23-3)9-15(20)24-4/h6-7H,8-9H2,1-5H3. The van der Waals surface area contributed by atoms with Crippen molar-refractivity contribution in [2.45, 2.75) is 18.3 Å². The lowest BCUT2D eigenvalue weighted by Crippen LogP contribution is -2.32. The van der Waals surface area contributed by atoms with Gasteiger partial charge in [-0.15, -0.1) is 0 Å². The van der Waals surface area contributed by atoms with E-state index in [4.69, 9.17) is 14.2 Å². The summed E-state index contributed by atoms with van der Waals surface area (Å²) in [4.78, 5) is 23.7. The van der Waals surface area contributed by atoms with E-state index in [9.17, 15) is 14.9 Å². The first-order chi connectivity index (χ1) is 11.9. The van der Waals surface area contributed by atoms with E-state index in [0.717, 1.165) is 0 Å². The highest BCUT2D eigenvalue weighted by Crippen LogP contribution is 2.43. The van der Waals surface area contributed by atoms with Gasteiger partial charge in [0.2, 0.25) is 5.75 Å². The smallest absolute Gasteiger partial charge is 0.307 e. The SMILES string of the molecule is COC(=O)CC(C#N)(CC(=O)OC)c1cc(OC)c(OC)c(OC)c1. The number of rotatable bonds is 8. The van der Waals surface area contributed by atoms with Crippen LogP contribution in [0.5, 0.6) is 17.2 Å². The molecule has 0 aromatic heterocycles. The minimum absolute atomic E-state index is 0.297. The molecule has 0 aliphatic heterocycles. The highest BCUT2D eigenvalue weighted by atomic mass is 16.5. The Kier molecular flexibility index (Phi) is 7.06. The molecule has 8 heteroatoms. The van der Waals surface area contributed by atoms with Crippen LogP contribution in [-0.2, 0) is 24.5 Å². The van der Waals surface area contributed by atoms with Gasteiger partial charge >= 0.3 is 11.9 Å². The van der Waals surface area contributed by atoms with Gasteiger partial charge in [-0.25, -0.2) is 0 Å². The molecule has 0 spiro atoms. The molecule has 0 fully saturated rings. The Labute approximate surface area is 146 Å². The van der Waals surface area contributed by atoms with Crippen molar-refractivity contribution in [2.24, 2.45) is 0 Å². The number of nitrogens with zero attached hydrogens (tertiary/aromatic N) is 1. The lowest BCUT2D eigenvalue weighted by Gasteiger charge is -2.26. The molecular weight excluding hydrogens is 330 g/mol. The fourth-order valence-electron chi connectivity index (χ4n) is 2.40. The predicted molar refractivity (Wildman–Crippen MR) is 86.7 cm³/mol. The van der Waals surface area contributed by atoms with E-state index in [-0.39, 0.29) is 12.8 Å². The number of hydrogen-bond acceptors (Lipinski definition) is 8. The predicted octanol–water partition coefficient (Wildman–Crippen LogP) is 1.60. The quantitative estimate of drug-likeness (QED) is 0.651. The number of carbonyl (C=O) groups excluding carboxylic acids is 2. The molecule has 1 aromatic rings. The van der Waals surface area contributed by atoms with E-state index in [1.165, 1.54) is 47.7 Å². The summed E-state index contributed by atoms with van der Waals surface area (Å²) >= 11 is 0. The van der Waals surface area contributed by atoms with Crippen LogP contribution in [0, 0.1) is 11.3 Å². The number of methoxy groups -OCH3 is 5. The average molecular weight is 351 g/mol. The van der Waals surface area contributed by atoms with Crippen molar-refractivity contribution < 1.29 is 33.3 Å². The number of hydrogen-bond donors (Lipinski definition) is 0. The molecule has 0 N–H and O–H groups in total. The van der Waals surface area contributed by atoms with Crippen molar-refractivity contribution in [3.8, 4) is 23.3 Å².